The van der Waals surface area contributed by atoms with E-state index in [1.807, 2.05) is 59.5 Å². The van der Waals surface area contributed by atoms with Crippen molar-refractivity contribution >= 4 is 17.8 Å². The van der Waals surface area contributed by atoms with Crippen LogP contribution in [0, 0.1) is 5.92 Å². The minimum absolute atomic E-state index is 0.0412. The SMILES string of the molecule is CCCc1ccc(C(=O)N2CCC(C3(c4cccc(-c5ccccc5)c4)N=C(N)N(C)C3=O)CC2)cc1. The molecule has 2 amide bonds. The highest BCUT2D eigenvalue weighted by molar-refractivity contribution is 6.07. The van der Waals surface area contributed by atoms with Crippen molar-refractivity contribution in [1.29, 1.82) is 0 Å². The molecule has 0 radical (unpaired) electrons. The van der Waals surface area contributed by atoms with Crippen LogP contribution in [0.1, 0.15) is 47.7 Å². The molecule has 6 heteroatoms. The predicted octanol–water partition coefficient (Wildman–Crippen LogP) is 4.84. The Morgan fingerprint density at radius 2 is 1.65 bits per heavy atom. The zero-order valence-corrected chi connectivity index (χ0v) is 21.6. The Kier molecular flexibility index (Phi) is 6.83. The minimum Gasteiger partial charge on any atom is -0.369 e. The minimum atomic E-state index is -1.08. The number of aryl methyl sites for hydroxylation is 1. The number of hydrogen-bond donors (Lipinski definition) is 1. The second kappa shape index (κ2) is 10.2. The monoisotopic (exact) mass is 494 g/mol. The lowest BCUT2D eigenvalue weighted by molar-refractivity contribution is -0.133. The van der Waals surface area contributed by atoms with Gasteiger partial charge in [0, 0.05) is 31.6 Å². The van der Waals surface area contributed by atoms with Gasteiger partial charge in [0.25, 0.3) is 11.8 Å². The average Bonchev–Trinajstić information content (AvgIpc) is 3.18. The highest BCUT2D eigenvalue weighted by Gasteiger charge is 2.54. The van der Waals surface area contributed by atoms with Crippen LogP contribution in [0.2, 0.25) is 0 Å². The van der Waals surface area contributed by atoms with Crippen molar-refractivity contribution in [1.82, 2.24) is 9.80 Å². The van der Waals surface area contributed by atoms with E-state index in [1.54, 1.807) is 7.05 Å². The van der Waals surface area contributed by atoms with Gasteiger partial charge < -0.3 is 10.6 Å². The first-order chi connectivity index (χ1) is 17.9. The van der Waals surface area contributed by atoms with E-state index in [1.165, 1.54) is 10.5 Å². The first-order valence-electron chi connectivity index (χ1n) is 13.1. The van der Waals surface area contributed by atoms with Crippen LogP contribution in [-0.4, -0.2) is 47.7 Å². The molecule has 1 unspecified atom stereocenters. The Morgan fingerprint density at radius 3 is 2.27 bits per heavy atom. The molecule has 2 heterocycles. The van der Waals surface area contributed by atoms with E-state index in [2.05, 4.69) is 31.2 Å². The highest BCUT2D eigenvalue weighted by atomic mass is 16.2. The number of nitrogens with two attached hydrogens (primary N) is 1. The van der Waals surface area contributed by atoms with E-state index >= 15 is 0 Å². The lowest BCUT2D eigenvalue weighted by Gasteiger charge is -2.40. The van der Waals surface area contributed by atoms with Gasteiger partial charge in [0.05, 0.1) is 0 Å². The number of likely N-dealkylation sites (tertiary alicyclic amines) is 1. The Labute approximate surface area is 218 Å². The molecule has 190 valence electrons. The number of likely N-dealkylation sites (N-methyl/N-ethyl adjacent to an activating group) is 1. The van der Waals surface area contributed by atoms with Crippen LogP contribution < -0.4 is 5.73 Å². The topological polar surface area (TPSA) is 79.0 Å². The van der Waals surface area contributed by atoms with E-state index in [0.717, 1.165) is 29.5 Å². The van der Waals surface area contributed by atoms with Crippen LogP contribution in [-0.2, 0) is 16.8 Å². The summed E-state index contributed by atoms with van der Waals surface area (Å²) < 4.78 is 0. The molecular weight excluding hydrogens is 460 g/mol. The van der Waals surface area contributed by atoms with Crippen LogP contribution in [0.5, 0.6) is 0 Å². The van der Waals surface area contributed by atoms with Gasteiger partial charge in [-0.15, -0.1) is 0 Å². The second-order valence-corrected chi connectivity index (χ2v) is 10.1. The summed E-state index contributed by atoms with van der Waals surface area (Å²) in [4.78, 5) is 35.2. The fourth-order valence-electron chi connectivity index (χ4n) is 5.70. The van der Waals surface area contributed by atoms with Gasteiger partial charge in [0.2, 0.25) is 0 Å². The maximum Gasteiger partial charge on any atom is 0.261 e. The fraction of sp³-hybridized carbons (Fsp3) is 0.323. The summed E-state index contributed by atoms with van der Waals surface area (Å²) in [6.45, 7) is 3.30. The molecule has 37 heavy (non-hydrogen) atoms. The summed E-state index contributed by atoms with van der Waals surface area (Å²) in [5, 5.41) is 0. The summed E-state index contributed by atoms with van der Waals surface area (Å²) in [5.74, 6) is 0.109. The van der Waals surface area contributed by atoms with E-state index < -0.39 is 5.54 Å². The average molecular weight is 495 g/mol. The molecular formula is C31H34N4O2. The molecule has 1 atom stereocenters. The Balaban J connectivity index is 1.41. The maximum atomic E-state index is 13.8. The molecule has 2 aliphatic heterocycles. The zero-order chi connectivity index (χ0) is 26.0. The molecule has 0 spiro atoms. The summed E-state index contributed by atoms with van der Waals surface area (Å²) in [7, 11) is 1.69. The number of piperidine rings is 1. The summed E-state index contributed by atoms with van der Waals surface area (Å²) in [5.41, 5.74) is 10.1. The molecule has 0 bridgehead atoms. The van der Waals surface area contributed by atoms with Gasteiger partial charge in [-0.3, -0.25) is 14.5 Å². The van der Waals surface area contributed by atoms with Crippen molar-refractivity contribution in [2.45, 2.75) is 38.1 Å². The van der Waals surface area contributed by atoms with Crippen LogP contribution in [0.15, 0.2) is 83.9 Å². The number of amides is 2. The number of guanidine groups is 1. The van der Waals surface area contributed by atoms with Crippen molar-refractivity contribution < 1.29 is 9.59 Å². The van der Waals surface area contributed by atoms with Gasteiger partial charge in [0.1, 0.15) is 0 Å². The molecule has 6 nitrogen and oxygen atoms in total. The molecule has 0 saturated carbocycles. The predicted molar refractivity (Wildman–Crippen MR) is 147 cm³/mol. The molecule has 3 aromatic rings. The highest BCUT2D eigenvalue weighted by Crippen LogP contribution is 2.45. The first-order valence-corrected chi connectivity index (χ1v) is 13.1. The largest absolute Gasteiger partial charge is 0.369 e. The summed E-state index contributed by atoms with van der Waals surface area (Å²) in [6.07, 6.45) is 3.44. The normalized spacial score (nSPS) is 20.3. The van der Waals surface area contributed by atoms with Crippen LogP contribution >= 0.6 is 0 Å². The van der Waals surface area contributed by atoms with Crippen molar-refractivity contribution in [3.8, 4) is 11.1 Å². The van der Waals surface area contributed by atoms with Gasteiger partial charge >= 0.3 is 0 Å². The van der Waals surface area contributed by atoms with Crippen LogP contribution in [0.3, 0.4) is 0 Å². The number of nitrogens with zero attached hydrogens (tertiary/aromatic N) is 3. The van der Waals surface area contributed by atoms with Gasteiger partial charge in [0.15, 0.2) is 11.5 Å². The number of hydrogen-bond acceptors (Lipinski definition) is 4. The Morgan fingerprint density at radius 1 is 0.973 bits per heavy atom. The van der Waals surface area contributed by atoms with Crippen molar-refractivity contribution in [3.63, 3.8) is 0 Å². The first kappa shape index (κ1) is 24.8. The number of carbonyl (C=O) groups excluding carboxylic acids is 2. The van der Waals surface area contributed by atoms with Crippen molar-refractivity contribution in [2.24, 2.45) is 16.6 Å². The van der Waals surface area contributed by atoms with Gasteiger partial charge in [-0.2, -0.15) is 0 Å². The summed E-state index contributed by atoms with van der Waals surface area (Å²) in [6, 6.07) is 26.2. The van der Waals surface area contributed by atoms with Crippen molar-refractivity contribution in [2.75, 3.05) is 20.1 Å². The van der Waals surface area contributed by atoms with Gasteiger partial charge in [-0.1, -0.05) is 74.0 Å². The molecule has 5 rings (SSSR count). The molecule has 1 fully saturated rings. The Hall–Kier alpha value is -3.93. The smallest absolute Gasteiger partial charge is 0.261 e. The van der Waals surface area contributed by atoms with Gasteiger partial charge in [-0.05, 0) is 59.7 Å². The number of benzene rings is 3. The van der Waals surface area contributed by atoms with Crippen LogP contribution in [0.4, 0.5) is 0 Å². The quantitative estimate of drug-likeness (QED) is 0.533. The lowest BCUT2D eigenvalue weighted by Crippen LogP contribution is -2.49. The Bertz CT molecular complexity index is 1310. The standard InChI is InChI=1S/C31H34N4O2/c1-3-8-22-13-15-24(16-14-22)28(36)35-19-17-26(18-20-35)31(29(37)34(2)30(32)33-31)27-12-7-11-25(21-27)23-9-5-4-6-10-23/h4-7,9-16,21,26H,3,8,17-20H2,1-2H3,(H2,32,33). The molecule has 2 N–H and O–H groups in total. The molecule has 1 saturated heterocycles. The second-order valence-electron chi connectivity index (χ2n) is 10.1. The molecule has 3 aromatic carbocycles. The molecule has 0 aromatic heterocycles. The lowest BCUT2D eigenvalue weighted by atomic mass is 9.72. The summed E-state index contributed by atoms with van der Waals surface area (Å²) >= 11 is 0. The number of aliphatic imine (C=N–C) groups is 1. The van der Waals surface area contributed by atoms with Gasteiger partial charge in [-0.25, -0.2) is 4.99 Å². The van der Waals surface area contributed by atoms with E-state index in [4.69, 9.17) is 10.7 Å². The van der Waals surface area contributed by atoms with E-state index in [-0.39, 0.29) is 23.7 Å². The van der Waals surface area contributed by atoms with Crippen LogP contribution in [0.25, 0.3) is 11.1 Å². The third-order valence-corrected chi connectivity index (χ3v) is 7.79. The fourth-order valence-corrected chi connectivity index (χ4v) is 5.70. The number of carbonyl (C=O) groups is 2. The zero-order valence-electron chi connectivity index (χ0n) is 21.6. The molecule has 2 aliphatic rings. The maximum absolute atomic E-state index is 13.8. The van der Waals surface area contributed by atoms with Crippen molar-refractivity contribution in [3.05, 3.63) is 95.6 Å². The number of rotatable bonds is 6. The molecule has 0 aliphatic carbocycles. The third kappa shape index (κ3) is 4.52. The third-order valence-electron chi connectivity index (χ3n) is 7.79. The van der Waals surface area contributed by atoms with E-state index in [0.29, 0.717) is 31.5 Å². The van der Waals surface area contributed by atoms with E-state index in [9.17, 15) is 9.59 Å².